The number of aliphatic imine (C=N–C) groups is 1. The summed E-state index contributed by atoms with van der Waals surface area (Å²) in [5, 5.41) is 0. The molecule has 0 N–H and O–H groups in total. The number of pyridine rings is 1. The van der Waals surface area contributed by atoms with E-state index in [1.165, 1.54) is 43.4 Å². The topological polar surface area (TPSA) is 62.6 Å². The molecule has 2 rings (SSSR count). The first-order valence-electron chi connectivity index (χ1n) is 7.82. The van der Waals surface area contributed by atoms with Gasteiger partial charge in [0, 0.05) is 43.2 Å². The molecule has 0 fully saturated rings. The summed E-state index contributed by atoms with van der Waals surface area (Å²) in [6.07, 6.45) is 0.504. The fraction of sp³-hybridized carbons (Fsp3) is 0.333. The zero-order valence-electron chi connectivity index (χ0n) is 14.5. The Hall–Kier alpha value is -2.77. The van der Waals surface area contributed by atoms with Crippen LogP contribution in [0, 0.1) is 0 Å². The fourth-order valence-electron chi connectivity index (χ4n) is 2.84. The monoisotopic (exact) mass is 365 g/mol. The van der Waals surface area contributed by atoms with Crippen LogP contribution in [-0.4, -0.2) is 47.6 Å². The van der Waals surface area contributed by atoms with Crippen LogP contribution >= 0.6 is 0 Å². The number of carbonyl (C=O) groups excluding carboxylic acids is 2. The van der Waals surface area contributed by atoms with Crippen LogP contribution in [0.5, 0.6) is 0 Å². The molecule has 1 atom stereocenters. The van der Waals surface area contributed by atoms with Crippen molar-refractivity contribution in [2.45, 2.75) is 32.6 Å². The molecule has 1 amide bonds. The van der Waals surface area contributed by atoms with Crippen LogP contribution in [0.25, 0.3) is 0 Å². The van der Waals surface area contributed by atoms with E-state index in [2.05, 4.69) is 9.98 Å². The van der Waals surface area contributed by atoms with Gasteiger partial charge < -0.3 is 4.90 Å². The fourth-order valence-corrected chi connectivity index (χ4v) is 2.84. The largest absolute Gasteiger partial charge is 0.410 e. The van der Waals surface area contributed by atoms with Gasteiger partial charge in [-0.3, -0.25) is 19.6 Å². The van der Waals surface area contributed by atoms with Crippen LogP contribution in [0.15, 0.2) is 40.6 Å². The van der Waals surface area contributed by atoms with Crippen LogP contribution in [0.4, 0.5) is 13.2 Å². The minimum atomic E-state index is -4.43. The third-order valence-corrected chi connectivity index (χ3v) is 4.03. The van der Waals surface area contributed by atoms with Gasteiger partial charge in [0.1, 0.15) is 5.69 Å². The smallest absolute Gasteiger partial charge is 0.327 e. The molecule has 8 heteroatoms. The van der Waals surface area contributed by atoms with Gasteiger partial charge in [0.05, 0.1) is 6.04 Å². The summed E-state index contributed by atoms with van der Waals surface area (Å²) >= 11 is 0. The maximum Gasteiger partial charge on any atom is 0.410 e. The van der Waals surface area contributed by atoms with E-state index in [0.717, 1.165) is 0 Å². The molecule has 1 aliphatic rings. The molecule has 26 heavy (non-hydrogen) atoms. The number of rotatable bonds is 5. The average Bonchev–Trinajstić information content (AvgIpc) is 2.89. The average molecular weight is 365 g/mol. The summed E-state index contributed by atoms with van der Waals surface area (Å²) in [4.78, 5) is 33.1. The van der Waals surface area contributed by atoms with Gasteiger partial charge in [-0.15, -0.1) is 0 Å². The second-order valence-electron chi connectivity index (χ2n) is 5.91. The standard InChI is InChI=1S/C18H18F3N3O2/c1-11(7-18(19,20)21)6-13(8-22-3)12(2)24-9-15-14(17(24)26)4-5-23-16(15)10-25/h4-8,10,12H,9H2,1-3H3/b11-7+,13-6+,22-8?. The molecule has 2 heterocycles. The second-order valence-corrected chi connectivity index (χ2v) is 5.91. The third kappa shape index (κ3) is 4.25. The summed E-state index contributed by atoms with van der Waals surface area (Å²) in [6.45, 7) is 3.19. The SMILES string of the molecule is CN=C/C(=C\C(C)=C\C(F)(F)F)C(C)N1Cc2c(ccnc2C=O)C1=O. The lowest BCUT2D eigenvalue weighted by Crippen LogP contribution is -2.35. The van der Waals surface area contributed by atoms with E-state index in [-0.39, 0.29) is 29.8 Å². The second kappa shape index (κ2) is 7.63. The van der Waals surface area contributed by atoms with Crippen molar-refractivity contribution in [2.75, 3.05) is 7.05 Å². The lowest BCUT2D eigenvalue weighted by molar-refractivity contribution is -0.0803. The predicted octanol–water partition coefficient (Wildman–Crippen LogP) is 3.37. The van der Waals surface area contributed by atoms with E-state index >= 15 is 0 Å². The molecule has 1 unspecified atom stereocenters. The van der Waals surface area contributed by atoms with Gasteiger partial charge in [-0.25, -0.2) is 0 Å². The Morgan fingerprint density at radius 2 is 2.12 bits per heavy atom. The van der Waals surface area contributed by atoms with E-state index in [1.807, 2.05) is 0 Å². The Labute approximate surface area is 148 Å². The quantitative estimate of drug-likeness (QED) is 0.457. The molecule has 138 valence electrons. The summed E-state index contributed by atoms with van der Waals surface area (Å²) in [5.74, 6) is -0.300. The number of nitrogens with zero attached hydrogens (tertiary/aromatic N) is 3. The number of hydrogen-bond donors (Lipinski definition) is 0. The molecule has 0 saturated carbocycles. The van der Waals surface area contributed by atoms with Crippen molar-refractivity contribution in [3.8, 4) is 0 Å². The number of alkyl halides is 3. The molecule has 1 aromatic rings. The number of allylic oxidation sites excluding steroid dienone is 3. The molecule has 0 aliphatic carbocycles. The Balaban J connectivity index is 2.37. The zero-order chi connectivity index (χ0) is 19.5. The first-order chi connectivity index (χ1) is 12.2. The van der Waals surface area contributed by atoms with E-state index in [9.17, 15) is 22.8 Å². The summed E-state index contributed by atoms with van der Waals surface area (Å²) in [5.41, 5.74) is 1.54. The van der Waals surface area contributed by atoms with Crippen molar-refractivity contribution in [3.63, 3.8) is 0 Å². The summed E-state index contributed by atoms with van der Waals surface area (Å²) < 4.78 is 37.6. The van der Waals surface area contributed by atoms with E-state index < -0.39 is 12.2 Å². The van der Waals surface area contributed by atoms with Gasteiger partial charge in [0.25, 0.3) is 5.91 Å². The number of hydrogen-bond acceptors (Lipinski definition) is 4. The Morgan fingerprint density at radius 1 is 1.42 bits per heavy atom. The highest BCUT2D eigenvalue weighted by molar-refractivity contribution is 6.01. The zero-order valence-corrected chi connectivity index (χ0v) is 14.5. The molecule has 0 spiro atoms. The molecule has 0 aromatic carbocycles. The normalized spacial score (nSPS) is 17.0. The lowest BCUT2D eigenvalue weighted by atomic mass is 10.0. The number of amides is 1. The Bertz CT molecular complexity index is 810. The van der Waals surface area contributed by atoms with Crippen molar-refractivity contribution in [3.05, 3.63) is 52.4 Å². The van der Waals surface area contributed by atoms with Crippen molar-refractivity contribution >= 4 is 18.4 Å². The van der Waals surface area contributed by atoms with Gasteiger partial charge in [-0.05, 0) is 31.1 Å². The molecule has 0 radical (unpaired) electrons. The van der Waals surface area contributed by atoms with Crippen molar-refractivity contribution in [2.24, 2.45) is 4.99 Å². The molecule has 1 aliphatic heterocycles. The molecule has 0 bridgehead atoms. The van der Waals surface area contributed by atoms with Gasteiger partial charge in [-0.2, -0.15) is 13.2 Å². The lowest BCUT2D eigenvalue weighted by Gasteiger charge is -2.25. The van der Waals surface area contributed by atoms with E-state index in [4.69, 9.17) is 0 Å². The minimum Gasteiger partial charge on any atom is -0.327 e. The maximum absolute atomic E-state index is 12.6. The third-order valence-electron chi connectivity index (χ3n) is 4.03. The number of aromatic nitrogens is 1. The van der Waals surface area contributed by atoms with Gasteiger partial charge in [-0.1, -0.05) is 6.08 Å². The van der Waals surface area contributed by atoms with Crippen molar-refractivity contribution in [1.82, 2.24) is 9.88 Å². The highest BCUT2D eigenvalue weighted by Crippen LogP contribution is 2.28. The first-order valence-corrected chi connectivity index (χ1v) is 7.82. The molecule has 1 aromatic heterocycles. The maximum atomic E-state index is 12.6. The van der Waals surface area contributed by atoms with E-state index in [0.29, 0.717) is 23.0 Å². The minimum absolute atomic E-state index is 0.00124. The highest BCUT2D eigenvalue weighted by Gasteiger charge is 2.34. The first kappa shape index (κ1) is 19.6. The van der Waals surface area contributed by atoms with Crippen LogP contribution in [0.2, 0.25) is 0 Å². The van der Waals surface area contributed by atoms with E-state index in [1.54, 1.807) is 6.92 Å². The van der Waals surface area contributed by atoms with Crippen LogP contribution in [0.3, 0.4) is 0 Å². The number of fused-ring (bicyclic) bond motifs is 1. The Kier molecular flexibility index (Phi) is 5.74. The van der Waals surface area contributed by atoms with Crippen LogP contribution in [0.1, 0.15) is 40.3 Å². The summed E-state index contributed by atoms with van der Waals surface area (Å²) in [6, 6.07) is 0.999. The van der Waals surface area contributed by atoms with Crippen molar-refractivity contribution in [1.29, 1.82) is 0 Å². The number of halogens is 3. The van der Waals surface area contributed by atoms with Gasteiger partial charge in [0.2, 0.25) is 0 Å². The molecular formula is C18H18F3N3O2. The van der Waals surface area contributed by atoms with Crippen LogP contribution in [-0.2, 0) is 6.54 Å². The van der Waals surface area contributed by atoms with Gasteiger partial charge >= 0.3 is 6.18 Å². The van der Waals surface area contributed by atoms with Crippen LogP contribution < -0.4 is 0 Å². The number of aldehydes is 1. The summed E-state index contributed by atoms with van der Waals surface area (Å²) in [7, 11) is 1.50. The van der Waals surface area contributed by atoms with Gasteiger partial charge in [0.15, 0.2) is 6.29 Å². The number of carbonyl (C=O) groups is 2. The molecule has 0 saturated heterocycles. The van der Waals surface area contributed by atoms with Crippen molar-refractivity contribution < 1.29 is 22.8 Å². The Morgan fingerprint density at radius 3 is 2.69 bits per heavy atom. The molecular weight excluding hydrogens is 347 g/mol. The highest BCUT2D eigenvalue weighted by atomic mass is 19.4. The molecule has 5 nitrogen and oxygen atoms in total. The predicted molar refractivity (Wildman–Crippen MR) is 91.3 cm³/mol.